The highest BCUT2D eigenvalue weighted by Gasteiger charge is 2.14. The Kier molecular flexibility index (Phi) is 8.12. The predicted octanol–water partition coefficient (Wildman–Crippen LogP) is 3.12. The van der Waals surface area contributed by atoms with Crippen molar-refractivity contribution in [3.63, 3.8) is 0 Å². The van der Waals surface area contributed by atoms with E-state index in [0.717, 1.165) is 9.79 Å². The molecule has 0 aromatic heterocycles. The predicted molar refractivity (Wildman–Crippen MR) is 110 cm³/mol. The van der Waals surface area contributed by atoms with Crippen molar-refractivity contribution in [2.75, 3.05) is 12.4 Å². The molecule has 0 unspecified atom stereocenters. The largest absolute Gasteiger partial charge is 0.396 e. The van der Waals surface area contributed by atoms with Gasteiger partial charge in [0.25, 0.3) is 0 Å². The Bertz CT molecular complexity index is 996. The lowest BCUT2D eigenvalue weighted by atomic mass is 10.1. The smallest absolute Gasteiger partial charge is 0.331 e. The Labute approximate surface area is 173 Å². The molecule has 0 atom stereocenters. The van der Waals surface area contributed by atoms with Crippen LogP contribution in [0.15, 0.2) is 68.4 Å². The second-order valence-corrected chi connectivity index (χ2v) is 9.34. The van der Waals surface area contributed by atoms with Crippen LogP contribution in [-0.2, 0) is 19.5 Å². The van der Waals surface area contributed by atoms with E-state index < -0.39 is 15.8 Å². The lowest BCUT2D eigenvalue weighted by molar-refractivity contribution is -0.140. The summed E-state index contributed by atoms with van der Waals surface area (Å²) < 4.78 is 24.2. The molecule has 0 radical (unpaired) electrons. The molecule has 0 aliphatic carbocycles. The number of aliphatic hydroxyl groups excluding tert-OH is 1. The molecular formula is C20H21NO6S2. The molecule has 0 heterocycles. The van der Waals surface area contributed by atoms with E-state index in [9.17, 15) is 18.0 Å². The van der Waals surface area contributed by atoms with Crippen molar-refractivity contribution in [3.05, 3.63) is 54.1 Å². The van der Waals surface area contributed by atoms with Crippen LogP contribution in [0, 0.1) is 0 Å². The summed E-state index contributed by atoms with van der Waals surface area (Å²) >= 11 is 1.42. The van der Waals surface area contributed by atoms with Gasteiger partial charge in [-0.15, -0.1) is 0 Å². The molecule has 2 aromatic rings. The van der Waals surface area contributed by atoms with Crippen LogP contribution in [0.2, 0.25) is 0 Å². The zero-order chi connectivity index (χ0) is 21.4. The first kappa shape index (κ1) is 22.8. The lowest BCUT2D eigenvalue weighted by Crippen LogP contribution is -2.11. The highest BCUT2D eigenvalue weighted by Crippen LogP contribution is 2.29. The molecule has 0 amide bonds. The third-order valence-electron chi connectivity index (χ3n) is 3.75. The number of hydrogen-bond donors (Lipinski definition) is 1. The average Bonchev–Trinajstić information content (AvgIpc) is 2.71. The van der Waals surface area contributed by atoms with Crippen LogP contribution >= 0.6 is 11.8 Å². The summed E-state index contributed by atoms with van der Waals surface area (Å²) in [5, 5.41) is 12.3. The van der Waals surface area contributed by atoms with Gasteiger partial charge in [0, 0.05) is 28.9 Å². The SMILES string of the molecule is CC(=O)O/N=C(\C)C(=O)c1ccc(Sc2ccc(S(=O)(=O)CCCO)cc2)cc1. The molecule has 9 heteroatoms. The molecule has 2 aromatic carbocycles. The fraction of sp³-hybridized carbons (Fsp3) is 0.250. The van der Waals surface area contributed by atoms with Crippen molar-refractivity contribution >= 4 is 39.1 Å². The third kappa shape index (κ3) is 6.81. The zero-order valence-electron chi connectivity index (χ0n) is 16.0. The van der Waals surface area contributed by atoms with Crippen molar-refractivity contribution < 1.29 is 28.0 Å². The average molecular weight is 436 g/mol. The lowest BCUT2D eigenvalue weighted by Gasteiger charge is -2.06. The van der Waals surface area contributed by atoms with Crippen LogP contribution in [0.4, 0.5) is 0 Å². The van der Waals surface area contributed by atoms with Crippen LogP contribution < -0.4 is 0 Å². The van der Waals surface area contributed by atoms with E-state index in [1.807, 2.05) is 0 Å². The molecular weight excluding hydrogens is 414 g/mol. The van der Waals surface area contributed by atoms with E-state index in [1.54, 1.807) is 48.5 Å². The highest BCUT2D eigenvalue weighted by molar-refractivity contribution is 7.99. The van der Waals surface area contributed by atoms with Gasteiger partial charge in [-0.2, -0.15) is 0 Å². The molecule has 0 spiro atoms. The maximum absolute atomic E-state index is 12.2. The number of nitrogens with zero attached hydrogens (tertiary/aromatic N) is 1. The standard InChI is InChI=1S/C20H21NO6S2/c1-14(21-27-15(2)23)20(24)16-4-6-17(7-5-16)28-18-8-10-19(11-9-18)29(25,26)13-3-12-22/h4-11,22H,3,12-13H2,1-2H3/b21-14+. The number of carbonyl (C=O) groups excluding carboxylic acids is 2. The molecule has 2 rings (SSSR count). The fourth-order valence-electron chi connectivity index (χ4n) is 2.28. The number of aliphatic hydroxyl groups is 1. The second kappa shape index (κ2) is 10.3. The highest BCUT2D eigenvalue weighted by atomic mass is 32.2. The van der Waals surface area contributed by atoms with Gasteiger partial charge in [0.05, 0.1) is 10.6 Å². The fourth-order valence-corrected chi connectivity index (χ4v) is 4.39. The molecule has 0 saturated heterocycles. The van der Waals surface area contributed by atoms with E-state index >= 15 is 0 Å². The minimum atomic E-state index is -3.39. The van der Waals surface area contributed by atoms with Crippen molar-refractivity contribution in [1.82, 2.24) is 0 Å². The third-order valence-corrected chi connectivity index (χ3v) is 6.58. The number of sulfone groups is 1. The summed E-state index contributed by atoms with van der Waals surface area (Å²) in [6.07, 6.45) is 0.203. The molecule has 0 saturated carbocycles. The summed E-state index contributed by atoms with van der Waals surface area (Å²) in [5.74, 6) is -1.04. The molecule has 154 valence electrons. The number of rotatable bonds is 9. The van der Waals surface area contributed by atoms with Gasteiger partial charge >= 0.3 is 5.97 Å². The summed E-state index contributed by atoms with van der Waals surface area (Å²) in [5.41, 5.74) is 0.478. The Hall–Kier alpha value is -2.49. The van der Waals surface area contributed by atoms with Gasteiger partial charge in [0.15, 0.2) is 9.84 Å². The van der Waals surface area contributed by atoms with Crippen molar-refractivity contribution in [3.8, 4) is 0 Å². The van der Waals surface area contributed by atoms with Crippen LogP contribution in [0.1, 0.15) is 30.6 Å². The minimum absolute atomic E-state index is 0.0681. The van der Waals surface area contributed by atoms with Gasteiger partial charge in [-0.1, -0.05) is 16.9 Å². The number of ketones is 1. The van der Waals surface area contributed by atoms with Gasteiger partial charge in [-0.25, -0.2) is 13.2 Å². The van der Waals surface area contributed by atoms with Crippen LogP contribution in [0.25, 0.3) is 0 Å². The maximum atomic E-state index is 12.2. The zero-order valence-corrected chi connectivity index (χ0v) is 17.6. The van der Waals surface area contributed by atoms with Crippen molar-refractivity contribution in [2.24, 2.45) is 5.16 Å². The molecule has 0 aliphatic rings. The number of oxime groups is 1. The Morgan fingerprint density at radius 1 is 1.00 bits per heavy atom. The molecule has 0 aliphatic heterocycles. The minimum Gasteiger partial charge on any atom is -0.396 e. The molecule has 29 heavy (non-hydrogen) atoms. The van der Waals surface area contributed by atoms with E-state index in [0.29, 0.717) is 5.56 Å². The molecule has 0 fully saturated rings. The number of Topliss-reactive ketones (excluding diaryl/α,β-unsaturated/α-hetero) is 1. The molecule has 0 bridgehead atoms. The summed E-state index contributed by atoms with van der Waals surface area (Å²) in [7, 11) is -3.39. The van der Waals surface area contributed by atoms with E-state index in [1.165, 1.54) is 25.6 Å². The topological polar surface area (TPSA) is 110 Å². The van der Waals surface area contributed by atoms with Crippen molar-refractivity contribution in [2.45, 2.75) is 35.0 Å². The number of benzene rings is 2. The Morgan fingerprint density at radius 2 is 1.55 bits per heavy atom. The molecule has 1 N–H and O–H groups in total. The first-order valence-electron chi connectivity index (χ1n) is 8.71. The number of carbonyl (C=O) groups is 2. The van der Waals surface area contributed by atoms with Crippen LogP contribution in [0.5, 0.6) is 0 Å². The van der Waals surface area contributed by atoms with Gasteiger partial charge in [0.2, 0.25) is 5.78 Å². The quantitative estimate of drug-likeness (QED) is 0.279. The second-order valence-electron chi connectivity index (χ2n) is 6.08. The Morgan fingerprint density at radius 3 is 2.07 bits per heavy atom. The van der Waals surface area contributed by atoms with E-state index in [4.69, 9.17) is 5.11 Å². The van der Waals surface area contributed by atoms with Crippen LogP contribution in [0.3, 0.4) is 0 Å². The Balaban J connectivity index is 2.05. The van der Waals surface area contributed by atoms with Gasteiger partial charge < -0.3 is 9.94 Å². The van der Waals surface area contributed by atoms with Crippen LogP contribution in [-0.4, -0.2) is 43.3 Å². The molecule has 7 nitrogen and oxygen atoms in total. The first-order valence-corrected chi connectivity index (χ1v) is 11.2. The monoisotopic (exact) mass is 435 g/mol. The van der Waals surface area contributed by atoms with E-state index in [-0.39, 0.29) is 35.2 Å². The summed E-state index contributed by atoms with van der Waals surface area (Å²) in [6, 6.07) is 13.3. The maximum Gasteiger partial charge on any atom is 0.331 e. The summed E-state index contributed by atoms with van der Waals surface area (Å²) in [4.78, 5) is 29.4. The normalized spacial score (nSPS) is 11.9. The van der Waals surface area contributed by atoms with Gasteiger partial charge in [0.1, 0.15) is 5.71 Å². The van der Waals surface area contributed by atoms with Gasteiger partial charge in [-0.3, -0.25) is 4.79 Å². The van der Waals surface area contributed by atoms with Crippen molar-refractivity contribution in [1.29, 1.82) is 0 Å². The summed E-state index contributed by atoms with van der Waals surface area (Å²) in [6.45, 7) is 2.50. The number of hydrogen-bond acceptors (Lipinski definition) is 8. The van der Waals surface area contributed by atoms with Gasteiger partial charge in [-0.05, 0) is 61.9 Å². The first-order chi connectivity index (χ1) is 13.7. The van der Waals surface area contributed by atoms with E-state index in [2.05, 4.69) is 9.99 Å².